The molecule has 0 saturated carbocycles. The minimum absolute atomic E-state index is 0.174. The highest BCUT2D eigenvalue weighted by atomic mass is 16.5. The van der Waals surface area contributed by atoms with Crippen molar-refractivity contribution >= 4 is 5.91 Å². The first-order valence-electron chi connectivity index (χ1n) is 8.67. The number of aryl methyl sites for hydroxylation is 2. The Bertz CT molecular complexity index is 672. The van der Waals surface area contributed by atoms with Crippen molar-refractivity contribution in [1.29, 1.82) is 0 Å². The van der Waals surface area contributed by atoms with E-state index in [1.165, 1.54) is 0 Å². The first-order valence-corrected chi connectivity index (χ1v) is 8.67. The number of rotatable bonds is 5. The number of hydrogen-bond donors (Lipinski definition) is 1. The summed E-state index contributed by atoms with van der Waals surface area (Å²) in [6.45, 7) is 13.5. The second-order valence-corrected chi connectivity index (χ2v) is 7.97. The Morgan fingerprint density at radius 3 is 2.28 bits per heavy atom. The van der Waals surface area contributed by atoms with Gasteiger partial charge in [0, 0.05) is 16.7 Å². The molecule has 1 unspecified atom stereocenters. The second-order valence-electron chi connectivity index (χ2n) is 7.97. The second kappa shape index (κ2) is 6.81. The summed E-state index contributed by atoms with van der Waals surface area (Å²) in [5.74, 6) is 0.643. The summed E-state index contributed by atoms with van der Waals surface area (Å²) in [6.07, 6.45) is 1.76. The Kier molecular flexibility index (Phi) is 5.30. The lowest BCUT2D eigenvalue weighted by atomic mass is 9.95. The highest BCUT2D eigenvalue weighted by Gasteiger charge is 2.42. The lowest BCUT2D eigenvalue weighted by molar-refractivity contribution is -0.119. The van der Waals surface area contributed by atoms with E-state index in [0.29, 0.717) is 12.2 Å². The molecule has 1 N–H and O–H groups in total. The van der Waals surface area contributed by atoms with E-state index < -0.39 is 11.1 Å². The normalized spacial score (nSPS) is 20.1. The molecule has 1 aromatic carbocycles. The largest absolute Gasteiger partial charge is 0.784 e. The number of amides is 1. The Morgan fingerprint density at radius 1 is 1.24 bits per heavy atom. The van der Waals surface area contributed by atoms with Gasteiger partial charge in [-0.2, -0.15) is 0 Å². The van der Waals surface area contributed by atoms with Crippen molar-refractivity contribution in [3.05, 3.63) is 46.2 Å². The van der Waals surface area contributed by atoms with Crippen molar-refractivity contribution in [3.8, 4) is 5.75 Å². The van der Waals surface area contributed by atoms with Gasteiger partial charge in [0.25, 0.3) is 0 Å². The van der Waals surface area contributed by atoms with Crippen molar-refractivity contribution in [2.45, 2.75) is 65.6 Å². The molecule has 1 atom stereocenters. The molecule has 0 bridgehead atoms. The summed E-state index contributed by atoms with van der Waals surface area (Å²) in [7, 11) is 0. The van der Waals surface area contributed by atoms with E-state index in [0.717, 1.165) is 21.9 Å². The fraction of sp³-hybridized carbons (Fsp3) is 0.550. The van der Waals surface area contributed by atoms with Gasteiger partial charge in [0.2, 0.25) is 5.91 Å². The molecule has 0 saturated heterocycles. The number of ether oxygens (including phenoxy) is 1. The van der Waals surface area contributed by atoms with Crippen LogP contribution in [0.2, 0.25) is 0 Å². The van der Waals surface area contributed by atoms with Crippen molar-refractivity contribution in [2.24, 2.45) is 0 Å². The first kappa shape index (κ1) is 19.5. The summed E-state index contributed by atoms with van der Waals surface area (Å²) in [5.41, 5.74) is 1.12. The molecule has 2 rings (SSSR count). The summed E-state index contributed by atoms with van der Waals surface area (Å²) < 4.78 is 5.90. The molecule has 0 aliphatic carbocycles. The van der Waals surface area contributed by atoms with Crippen molar-refractivity contribution in [3.63, 3.8) is 0 Å². The molecule has 25 heavy (non-hydrogen) atoms. The van der Waals surface area contributed by atoms with Crippen LogP contribution in [0.1, 0.15) is 45.7 Å². The maximum atomic E-state index is 12.6. The molecule has 0 spiro atoms. The van der Waals surface area contributed by atoms with E-state index in [4.69, 9.17) is 4.74 Å². The number of carbonyl (C=O) groups excluding carboxylic acids is 1. The van der Waals surface area contributed by atoms with Gasteiger partial charge in [0.15, 0.2) is 0 Å². The molecule has 1 aromatic rings. The van der Waals surface area contributed by atoms with Crippen LogP contribution in [-0.2, 0) is 4.79 Å². The average Bonchev–Trinajstić information content (AvgIpc) is 2.66. The molecule has 1 aliphatic rings. The third kappa shape index (κ3) is 3.88. The van der Waals surface area contributed by atoms with Crippen LogP contribution >= 0.6 is 0 Å². The standard InChI is InChI=1S/C20H29N2O3/c1-13-9-8-10-14(2)17(13)25-12-15(3)21-18(23)16-11-19(4,5)22(24)20(16,6)7/h8-11,15H,12H2,1-7H3,(H,21,23)/q-1. The number of nitrogens with zero attached hydrogens (tertiary/aromatic N) is 1. The lowest BCUT2D eigenvalue weighted by Crippen LogP contribution is -2.49. The zero-order valence-corrected chi connectivity index (χ0v) is 16.3. The van der Waals surface area contributed by atoms with Crippen LogP contribution in [-0.4, -0.2) is 34.7 Å². The predicted octanol–water partition coefficient (Wildman–Crippen LogP) is 3.48. The molecular formula is C20H29N2O3-. The van der Waals surface area contributed by atoms with E-state index in [9.17, 15) is 10.0 Å². The van der Waals surface area contributed by atoms with Crippen LogP contribution in [0.4, 0.5) is 0 Å². The van der Waals surface area contributed by atoms with Crippen LogP contribution in [0.5, 0.6) is 5.75 Å². The molecule has 0 aromatic heterocycles. The summed E-state index contributed by atoms with van der Waals surface area (Å²) in [5, 5.41) is 16.3. The number of hydroxylamine groups is 2. The molecule has 1 heterocycles. The highest BCUT2D eigenvalue weighted by Crippen LogP contribution is 2.39. The van der Waals surface area contributed by atoms with E-state index in [1.807, 2.05) is 52.8 Å². The maximum absolute atomic E-state index is 12.6. The van der Waals surface area contributed by atoms with Gasteiger partial charge in [-0.15, -0.1) is 0 Å². The number of nitrogens with one attached hydrogen (secondary N) is 1. The fourth-order valence-electron chi connectivity index (χ4n) is 3.34. The van der Waals surface area contributed by atoms with Gasteiger partial charge in [-0.05, 0) is 59.6 Å². The third-order valence-corrected chi connectivity index (χ3v) is 4.70. The molecular weight excluding hydrogens is 316 g/mol. The first-order chi connectivity index (χ1) is 11.5. The smallest absolute Gasteiger partial charge is 0.249 e. The summed E-state index contributed by atoms with van der Waals surface area (Å²) >= 11 is 0. The molecule has 1 amide bonds. The molecule has 5 heteroatoms. The van der Waals surface area contributed by atoms with E-state index in [1.54, 1.807) is 19.9 Å². The van der Waals surface area contributed by atoms with Gasteiger partial charge in [-0.1, -0.05) is 24.3 Å². The van der Waals surface area contributed by atoms with Crippen LogP contribution in [0.15, 0.2) is 29.8 Å². The Morgan fingerprint density at radius 2 is 1.80 bits per heavy atom. The Labute approximate surface area is 150 Å². The number of hydrogen-bond acceptors (Lipinski definition) is 4. The van der Waals surface area contributed by atoms with Gasteiger partial charge in [0.05, 0.1) is 6.04 Å². The SMILES string of the molecule is Cc1cccc(C)c1OCC(C)NC(=O)C1=CC(C)(C)N([O-])C1(C)C. The molecule has 0 fully saturated rings. The van der Waals surface area contributed by atoms with Gasteiger partial charge < -0.3 is 20.3 Å². The van der Waals surface area contributed by atoms with Gasteiger partial charge >= 0.3 is 0 Å². The number of benzene rings is 1. The van der Waals surface area contributed by atoms with E-state index >= 15 is 0 Å². The molecule has 1 aliphatic heterocycles. The van der Waals surface area contributed by atoms with Gasteiger partial charge in [0.1, 0.15) is 12.4 Å². The fourth-order valence-corrected chi connectivity index (χ4v) is 3.34. The monoisotopic (exact) mass is 345 g/mol. The topological polar surface area (TPSA) is 64.6 Å². The maximum Gasteiger partial charge on any atom is 0.249 e. The van der Waals surface area contributed by atoms with Gasteiger partial charge in [-0.25, -0.2) is 0 Å². The van der Waals surface area contributed by atoms with E-state index in [2.05, 4.69) is 5.32 Å². The summed E-state index contributed by atoms with van der Waals surface area (Å²) in [6, 6.07) is 5.82. The third-order valence-electron chi connectivity index (χ3n) is 4.70. The van der Waals surface area contributed by atoms with Crippen LogP contribution < -0.4 is 10.1 Å². The van der Waals surface area contributed by atoms with Crippen molar-refractivity contribution < 1.29 is 9.53 Å². The van der Waals surface area contributed by atoms with Crippen LogP contribution in [0.25, 0.3) is 0 Å². The number of para-hydroxylation sites is 1. The zero-order chi connectivity index (χ0) is 19.0. The Balaban J connectivity index is 2.01. The van der Waals surface area contributed by atoms with Crippen molar-refractivity contribution in [2.75, 3.05) is 6.61 Å². The predicted molar refractivity (Wildman–Crippen MR) is 100 cm³/mol. The highest BCUT2D eigenvalue weighted by molar-refractivity contribution is 5.96. The molecule has 138 valence electrons. The zero-order valence-electron chi connectivity index (χ0n) is 16.3. The molecule has 0 radical (unpaired) electrons. The van der Waals surface area contributed by atoms with Crippen LogP contribution in [0, 0.1) is 19.1 Å². The van der Waals surface area contributed by atoms with Crippen molar-refractivity contribution in [1.82, 2.24) is 10.4 Å². The number of carbonyl (C=O) groups is 1. The lowest BCUT2D eigenvalue weighted by Gasteiger charge is -2.47. The Hall–Kier alpha value is -1.85. The summed E-state index contributed by atoms with van der Waals surface area (Å²) in [4.78, 5) is 12.6. The molecule has 5 nitrogen and oxygen atoms in total. The average molecular weight is 345 g/mol. The van der Waals surface area contributed by atoms with Gasteiger partial charge in [-0.3, -0.25) is 4.79 Å². The minimum atomic E-state index is -0.846. The van der Waals surface area contributed by atoms with Crippen LogP contribution in [0.3, 0.4) is 0 Å². The minimum Gasteiger partial charge on any atom is -0.784 e. The quantitative estimate of drug-likeness (QED) is 0.887. The van der Waals surface area contributed by atoms with E-state index in [-0.39, 0.29) is 11.9 Å².